The number of rotatable bonds is 33. The number of benzene rings is 1. The number of ether oxygens (including phenoxy) is 2. The van der Waals surface area contributed by atoms with E-state index in [0.717, 1.165) is 87.5 Å². The monoisotopic (exact) mass is 870 g/mol. The fourth-order valence-electron chi connectivity index (χ4n) is 5.29. The van der Waals surface area contributed by atoms with Gasteiger partial charge in [-0.15, -0.1) is 0 Å². The molecule has 0 unspecified atom stereocenters. The zero-order valence-electron chi connectivity index (χ0n) is 35.1. The van der Waals surface area contributed by atoms with Crippen LogP contribution in [0.3, 0.4) is 0 Å². The van der Waals surface area contributed by atoms with E-state index < -0.39 is 17.8 Å². The number of hydrogen-bond acceptors (Lipinski definition) is 17. The lowest BCUT2D eigenvalue weighted by Gasteiger charge is -2.27. The predicted molar refractivity (Wildman–Crippen MR) is 235 cm³/mol. The molecule has 0 aliphatic heterocycles. The molecule has 0 saturated heterocycles. The van der Waals surface area contributed by atoms with Gasteiger partial charge in [-0.2, -0.15) is 0 Å². The van der Waals surface area contributed by atoms with Crippen LogP contribution in [0.15, 0.2) is 12.1 Å². The largest absolute Gasteiger partial charge is 0.422 e. The Bertz CT molecular complexity index is 1390. The smallest absolute Gasteiger partial charge is 0.312 e. The van der Waals surface area contributed by atoms with E-state index in [2.05, 4.69) is 32.7 Å². The second-order valence-corrected chi connectivity index (χ2v) is 16.6. The van der Waals surface area contributed by atoms with Crippen molar-refractivity contribution in [1.29, 1.82) is 0 Å². The summed E-state index contributed by atoms with van der Waals surface area (Å²) in [5, 5.41) is 9.23. The number of amides is 1. The van der Waals surface area contributed by atoms with Gasteiger partial charge in [0.2, 0.25) is 0 Å². The molecule has 0 spiro atoms. The van der Waals surface area contributed by atoms with Gasteiger partial charge in [0, 0.05) is 126 Å². The maximum Gasteiger partial charge on any atom is 0.312 e. The van der Waals surface area contributed by atoms with Gasteiger partial charge in [-0.25, -0.2) is 0 Å². The lowest BCUT2D eigenvalue weighted by atomic mass is 10.0. The van der Waals surface area contributed by atoms with E-state index in [9.17, 15) is 33.6 Å². The first-order valence-corrected chi connectivity index (χ1v) is 23.2. The van der Waals surface area contributed by atoms with Crippen LogP contribution in [0, 0.1) is 0 Å². The molecule has 0 radical (unpaired) electrons. The van der Waals surface area contributed by atoms with Crippen molar-refractivity contribution in [2.24, 2.45) is 5.73 Å². The maximum atomic E-state index is 13.5. The van der Waals surface area contributed by atoms with Crippen LogP contribution in [0.2, 0.25) is 0 Å². The Morgan fingerprint density at radius 1 is 0.655 bits per heavy atom. The van der Waals surface area contributed by atoms with Crippen molar-refractivity contribution in [2.75, 3.05) is 96.3 Å². The van der Waals surface area contributed by atoms with Crippen molar-refractivity contribution >= 4 is 74.3 Å². The van der Waals surface area contributed by atoms with Gasteiger partial charge in [-0.05, 0) is 32.1 Å². The molecule has 0 fully saturated rings. The molecule has 5 N–H and O–H groups in total. The van der Waals surface area contributed by atoms with Gasteiger partial charge in [-0.3, -0.25) is 38.5 Å². The number of likely N-dealkylation sites (N-methyl/N-ethyl adjacent to an activating group) is 1. The summed E-state index contributed by atoms with van der Waals surface area (Å²) >= 11 is 3.03. The van der Waals surface area contributed by atoms with Crippen LogP contribution in [-0.2, 0) is 35.2 Å². The molecular weight excluding hydrogens is 805 g/mol. The van der Waals surface area contributed by atoms with Gasteiger partial charge >= 0.3 is 11.9 Å². The fourth-order valence-corrected chi connectivity index (χ4v) is 7.45. The van der Waals surface area contributed by atoms with Crippen LogP contribution < -0.4 is 31.2 Å². The highest BCUT2D eigenvalue weighted by atomic mass is 32.2. The van der Waals surface area contributed by atoms with Gasteiger partial charge in [0.15, 0.2) is 26.8 Å². The number of esters is 2. The molecular formula is C40H66N6O9S3. The summed E-state index contributed by atoms with van der Waals surface area (Å²) in [6, 6.07) is 2.72. The first-order chi connectivity index (χ1) is 27.9. The van der Waals surface area contributed by atoms with Crippen LogP contribution in [0.5, 0.6) is 11.5 Å². The summed E-state index contributed by atoms with van der Waals surface area (Å²) in [5.74, 6) is -2.07. The molecule has 1 aromatic rings. The first-order valence-electron chi connectivity index (χ1n) is 20.3. The van der Waals surface area contributed by atoms with Gasteiger partial charge in [0.25, 0.3) is 5.91 Å². The Kier molecular flexibility index (Phi) is 30.2. The normalized spacial score (nSPS) is 11.2. The second-order valence-electron chi connectivity index (χ2n) is 13.2. The topological polar surface area (TPSA) is 207 Å². The molecule has 0 atom stereocenters. The molecule has 328 valence electrons. The van der Waals surface area contributed by atoms with E-state index in [0.29, 0.717) is 38.9 Å². The second kappa shape index (κ2) is 32.9. The van der Waals surface area contributed by atoms with Crippen LogP contribution in [0.4, 0.5) is 0 Å². The van der Waals surface area contributed by atoms with Crippen LogP contribution >= 0.6 is 35.3 Å². The van der Waals surface area contributed by atoms with Gasteiger partial charge in [0.1, 0.15) is 5.78 Å². The SMILES string of the molecule is CCCN(CCN)CCN(CCNC)CCNCCNC(=O)c1cc(CC(=O)CCSC(=O)CC)c(OC(=O)CCSC(=O)CC)c(OC(=O)CCSC(=O)CC)c1. The number of hydrogen-bond donors (Lipinski definition) is 4. The number of ketones is 1. The average Bonchev–Trinajstić information content (AvgIpc) is 3.20. The van der Waals surface area contributed by atoms with E-state index in [-0.39, 0.29) is 93.2 Å². The van der Waals surface area contributed by atoms with E-state index >= 15 is 0 Å². The van der Waals surface area contributed by atoms with E-state index in [1.165, 1.54) is 12.1 Å². The highest BCUT2D eigenvalue weighted by Crippen LogP contribution is 2.35. The van der Waals surface area contributed by atoms with Gasteiger partial charge in [0.05, 0.1) is 12.8 Å². The third-order valence-corrected chi connectivity index (χ3v) is 11.5. The Labute approximate surface area is 357 Å². The van der Waals surface area contributed by atoms with Gasteiger partial charge in [-0.1, -0.05) is 63.0 Å². The predicted octanol–water partition coefficient (Wildman–Crippen LogP) is 3.30. The lowest BCUT2D eigenvalue weighted by Crippen LogP contribution is -2.43. The zero-order valence-corrected chi connectivity index (χ0v) is 37.5. The number of carbonyl (C=O) groups excluding carboxylic acids is 7. The number of Topliss-reactive ketones (excluding diaryl/α,β-unsaturated/α-hetero) is 1. The molecule has 0 aromatic heterocycles. The lowest BCUT2D eigenvalue weighted by molar-refractivity contribution is -0.136. The number of thioether (sulfide) groups is 3. The molecule has 0 saturated carbocycles. The number of carbonyl (C=O) groups is 7. The van der Waals surface area contributed by atoms with Crippen molar-refractivity contribution in [2.45, 2.75) is 79.1 Å². The Balaban J connectivity index is 3.21. The van der Waals surface area contributed by atoms with Gasteiger partial charge < -0.3 is 36.1 Å². The highest BCUT2D eigenvalue weighted by Gasteiger charge is 2.24. The minimum absolute atomic E-state index is 0.0382. The minimum atomic E-state index is -0.729. The molecule has 58 heavy (non-hydrogen) atoms. The Hall–Kier alpha value is -2.84. The Morgan fingerprint density at radius 3 is 1.76 bits per heavy atom. The highest BCUT2D eigenvalue weighted by molar-refractivity contribution is 8.14. The summed E-state index contributed by atoms with van der Waals surface area (Å²) in [7, 11) is 1.93. The average molecular weight is 871 g/mol. The minimum Gasteiger partial charge on any atom is -0.422 e. The fraction of sp³-hybridized carbons (Fsp3) is 0.675. The van der Waals surface area contributed by atoms with Crippen molar-refractivity contribution in [3.63, 3.8) is 0 Å². The molecule has 0 aliphatic carbocycles. The molecule has 1 rings (SSSR count). The quantitative estimate of drug-likeness (QED) is 0.0454. The number of nitrogens with one attached hydrogen (secondary N) is 3. The van der Waals surface area contributed by atoms with Crippen molar-refractivity contribution in [3.05, 3.63) is 23.3 Å². The summed E-state index contributed by atoms with van der Waals surface area (Å²) in [4.78, 5) is 92.9. The molecule has 1 aromatic carbocycles. The number of nitrogens with zero attached hydrogens (tertiary/aromatic N) is 2. The zero-order chi connectivity index (χ0) is 43.1. The molecule has 18 heteroatoms. The molecule has 1 amide bonds. The summed E-state index contributed by atoms with van der Waals surface area (Å²) in [6.07, 6.45) is 1.49. The molecule has 0 bridgehead atoms. The summed E-state index contributed by atoms with van der Waals surface area (Å²) in [5.41, 5.74) is 6.03. The summed E-state index contributed by atoms with van der Waals surface area (Å²) < 4.78 is 11.4. The van der Waals surface area contributed by atoms with Crippen molar-refractivity contribution < 1.29 is 43.0 Å². The Morgan fingerprint density at radius 2 is 1.21 bits per heavy atom. The standard InChI is InChI=1S/C40H66N6O9S3/c1-6-18-45(19-13-41)22-23-46(20-16-42-5)21-17-43-14-15-44-40(53)31-27-30(28-32(47)10-24-56-36(50)7-2)39(55-35(49)12-26-58-38(52)9-4)33(29-31)54-34(48)11-25-57-37(51)8-3/h27,29,42-43H,6-26,28,41H2,1-5H3,(H,44,53). The van der Waals surface area contributed by atoms with Crippen LogP contribution in [0.25, 0.3) is 0 Å². The third kappa shape index (κ3) is 24.3. The van der Waals surface area contributed by atoms with E-state index in [1.807, 2.05) is 7.05 Å². The number of nitrogens with two attached hydrogens (primary N) is 1. The van der Waals surface area contributed by atoms with E-state index in [1.54, 1.807) is 20.8 Å². The van der Waals surface area contributed by atoms with Crippen molar-refractivity contribution in [3.8, 4) is 11.5 Å². The van der Waals surface area contributed by atoms with Crippen LogP contribution in [0.1, 0.15) is 88.6 Å². The van der Waals surface area contributed by atoms with Crippen molar-refractivity contribution in [1.82, 2.24) is 25.8 Å². The maximum absolute atomic E-state index is 13.5. The van der Waals surface area contributed by atoms with E-state index in [4.69, 9.17) is 15.2 Å². The first kappa shape index (κ1) is 53.2. The molecule has 0 heterocycles. The molecule has 15 nitrogen and oxygen atoms in total. The summed E-state index contributed by atoms with van der Waals surface area (Å²) in [6.45, 7) is 15.7. The van der Waals surface area contributed by atoms with Crippen LogP contribution in [-0.4, -0.2) is 145 Å². The molecule has 0 aliphatic rings. The third-order valence-electron chi connectivity index (χ3n) is 8.46.